The van der Waals surface area contributed by atoms with E-state index < -0.39 is 64.1 Å². The maximum absolute atomic E-state index is 13.5. The van der Waals surface area contributed by atoms with Crippen LogP contribution in [0.3, 0.4) is 0 Å². The summed E-state index contributed by atoms with van der Waals surface area (Å²) in [6.45, 7) is 10.2. The Hall–Kier alpha value is -5.92. The number of carboxylic acid groups (broad SMARTS) is 2. The van der Waals surface area contributed by atoms with Crippen molar-refractivity contribution >= 4 is 47.3 Å². The predicted molar refractivity (Wildman–Crippen MR) is 177 cm³/mol. The summed E-state index contributed by atoms with van der Waals surface area (Å²) < 4.78 is 10.4. The number of hydrogen-bond acceptors (Lipinski definition) is 8. The summed E-state index contributed by atoms with van der Waals surface area (Å²) in [6, 6.07) is 18.6. The van der Waals surface area contributed by atoms with Crippen LogP contribution in [-0.2, 0) is 19.1 Å². The van der Waals surface area contributed by atoms with Gasteiger partial charge in [0.15, 0.2) is 11.1 Å². The largest absolute Gasteiger partial charge is 0.479 e. The van der Waals surface area contributed by atoms with Gasteiger partial charge in [-0.05, 0) is 95.6 Å². The monoisotopic (exact) mass is 674 g/mol. The summed E-state index contributed by atoms with van der Waals surface area (Å²) in [5, 5.41) is 31.0. The number of amides is 4. The third-order valence-electron chi connectivity index (χ3n) is 7.42. The molecule has 258 valence electrons. The van der Waals surface area contributed by atoms with Gasteiger partial charge in [-0.3, -0.25) is 20.2 Å². The molecule has 1 aliphatic carbocycles. The third-order valence-corrected chi connectivity index (χ3v) is 7.42. The fourth-order valence-corrected chi connectivity index (χ4v) is 5.41. The second kappa shape index (κ2) is 13.3. The minimum absolute atomic E-state index is 0.0484. The maximum Gasteiger partial charge on any atom is 0.412 e. The Labute approximate surface area is 282 Å². The summed E-state index contributed by atoms with van der Waals surface area (Å²) in [6.07, 6.45) is -1.46. The van der Waals surface area contributed by atoms with E-state index in [1.807, 2.05) is 0 Å². The molecule has 1 aliphatic rings. The number of ether oxygens (including phenoxy) is 2. The van der Waals surface area contributed by atoms with Crippen LogP contribution in [0.5, 0.6) is 0 Å². The second-order valence-electron chi connectivity index (χ2n) is 13.4. The summed E-state index contributed by atoms with van der Waals surface area (Å²) in [7, 11) is 0. The van der Waals surface area contributed by atoms with E-state index >= 15 is 0 Å². The molecule has 14 nitrogen and oxygen atoms in total. The number of carbonyl (C=O) groups excluding carboxylic acids is 4. The van der Waals surface area contributed by atoms with Crippen LogP contribution in [0.1, 0.15) is 73.7 Å². The fraction of sp³-hybridized carbons (Fsp3) is 0.314. The van der Waals surface area contributed by atoms with Crippen LogP contribution in [0, 0.1) is 0 Å². The van der Waals surface area contributed by atoms with Crippen LogP contribution in [-0.4, -0.2) is 68.4 Å². The van der Waals surface area contributed by atoms with E-state index in [1.54, 1.807) is 59.7 Å². The van der Waals surface area contributed by atoms with Gasteiger partial charge in [-0.15, -0.1) is 0 Å². The van der Waals surface area contributed by atoms with Crippen molar-refractivity contribution in [3.63, 3.8) is 0 Å². The molecule has 2 unspecified atom stereocenters. The Balaban J connectivity index is 1.63. The van der Waals surface area contributed by atoms with Gasteiger partial charge in [-0.1, -0.05) is 30.3 Å². The molecule has 4 amide bonds. The average Bonchev–Trinajstić information content (AvgIpc) is 3.59. The number of hydrogen-bond donors (Lipinski definition) is 6. The quantitative estimate of drug-likeness (QED) is 0.179. The van der Waals surface area contributed by atoms with E-state index in [4.69, 9.17) is 9.47 Å². The maximum atomic E-state index is 13.5. The summed E-state index contributed by atoms with van der Waals surface area (Å²) in [5.74, 6) is -6.72. The molecule has 0 aromatic heterocycles. The zero-order valence-electron chi connectivity index (χ0n) is 27.7. The van der Waals surface area contributed by atoms with E-state index in [0.29, 0.717) is 0 Å². The van der Waals surface area contributed by atoms with Crippen LogP contribution in [0.2, 0.25) is 0 Å². The smallest absolute Gasteiger partial charge is 0.412 e. The molecule has 1 fully saturated rings. The average molecular weight is 675 g/mol. The van der Waals surface area contributed by atoms with Crippen molar-refractivity contribution in [1.29, 1.82) is 0 Å². The second-order valence-corrected chi connectivity index (χ2v) is 13.4. The Bertz CT molecular complexity index is 1650. The number of carbonyl (C=O) groups is 6. The van der Waals surface area contributed by atoms with Crippen molar-refractivity contribution in [2.45, 2.75) is 69.7 Å². The molecule has 1 saturated carbocycles. The molecular formula is C35H38N4O10. The molecule has 3 aromatic rings. The number of benzene rings is 3. The lowest BCUT2D eigenvalue weighted by Crippen LogP contribution is -2.59. The number of anilines is 2. The van der Waals surface area contributed by atoms with Crippen molar-refractivity contribution in [2.75, 3.05) is 10.6 Å². The molecule has 3 aromatic carbocycles. The zero-order chi connectivity index (χ0) is 36.4. The number of aliphatic carboxylic acids is 2. The lowest BCUT2D eigenvalue weighted by Gasteiger charge is -2.22. The normalized spacial score (nSPS) is 19.8. The molecule has 49 heavy (non-hydrogen) atoms. The molecule has 0 bridgehead atoms. The minimum Gasteiger partial charge on any atom is -0.479 e. The van der Waals surface area contributed by atoms with E-state index in [-0.39, 0.29) is 28.1 Å². The van der Waals surface area contributed by atoms with Gasteiger partial charge in [0.2, 0.25) is 0 Å². The van der Waals surface area contributed by atoms with Gasteiger partial charge in [-0.2, -0.15) is 0 Å². The highest BCUT2D eigenvalue weighted by Gasteiger charge is 2.88. The molecule has 0 aliphatic heterocycles. The Morgan fingerprint density at radius 1 is 0.571 bits per heavy atom. The molecule has 0 heterocycles. The van der Waals surface area contributed by atoms with Gasteiger partial charge < -0.3 is 30.3 Å². The molecule has 2 atom stereocenters. The van der Waals surface area contributed by atoms with Gasteiger partial charge in [0.25, 0.3) is 11.8 Å². The standard InChI is InChI=1S/C35H38N4O10/c1-32(2,3)48-30(46)36-23-16-12-21(13-17-23)26(40)38-34(28(42)43)25(20-10-8-7-9-11-20)35(34,29(44)45)39-27(41)22-14-18-24(19-15-22)37-31(47)49-33(4,5)6/h7-19,25H,1-6H3,(H,36,46)(H,37,47)(H,38,40)(H,39,41)(H,42,43)(H,44,45). The van der Waals surface area contributed by atoms with E-state index in [9.17, 15) is 39.0 Å². The van der Waals surface area contributed by atoms with Crippen LogP contribution >= 0.6 is 0 Å². The van der Waals surface area contributed by atoms with Crippen LogP contribution < -0.4 is 21.3 Å². The molecule has 0 radical (unpaired) electrons. The van der Waals surface area contributed by atoms with Crippen LogP contribution in [0.15, 0.2) is 78.9 Å². The minimum atomic E-state index is -2.53. The predicted octanol–water partition coefficient (Wildman–Crippen LogP) is 4.98. The van der Waals surface area contributed by atoms with Gasteiger partial charge in [0.1, 0.15) is 11.2 Å². The summed E-state index contributed by atoms with van der Waals surface area (Å²) >= 11 is 0. The SMILES string of the molecule is CC(C)(C)OC(=O)Nc1ccc(C(=O)NC2(C(=O)O)C(c3ccccc3)C2(NC(=O)c2ccc(NC(=O)OC(C)(C)C)cc2)C(=O)O)cc1. The van der Waals surface area contributed by atoms with Crippen molar-refractivity contribution in [1.82, 2.24) is 10.6 Å². The first-order valence-corrected chi connectivity index (χ1v) is 15.2. The van der Waals surface area contributed by atoms with Gasteiger partial charge in [-0.25, -0.2) is 19.2 Å². The van der Waals surface area contributed by atoms with E-state index in [2.05, 4.69) is 21.3 Å². The van der Waals surface area contributed by atoms with Gasteiger partial charge >= 0.3 is 24.1 Å². The molecule has 4 rings (SSSR count). The summed E-state index contributed by atoms with van der Waals surface area (Å²) in [5.41, 5.74) is -5.84. The highest BCUT2D eigenvalue weighted by atomic mass is 16.6. The molecule has 0 spiro atoms. The lowest BCUT2D eigenvalue weighted by molar-refractivity contribution is -0.147. The Kier molecular flexibility index (Phi) is 9.75. The van der Waals surface area contributed by atoms with Gasteiger partial charge in [0.05, 0.1) is 5.92 Å². The van der Waals surface area contributed by atoms with Crippen LogP contribution in [0.25, 0.3) is 0 Å². The molecule has 0 saturated heterocycles. The summed E-state index contributed by atoms with van der Waals surface area (Å²) in [4.78, 5) is 77.5. The highest BCUT2D eigenvalue weighted by molar-refractivity contribution is 6.12. The molecule has 6 N–H and O–H groups in total. The van der Waals surface area contributed by atoms with E-state index in [0.717, 1.165) is 0 Å². The first kappa shape index (κ1) is 35.9. The lowest BCUT2D eigenvalue weighted by atomic mass is 10.1. The number of rotatable bonds is 9. The first-order valence-electron chi connectivity index (χ1n) is 15.2. The van der Waals surface area contributed by atoms with Gasteiger partial charge in [0, 0.05) is 22.5 Å². The van der Waals surface area contributed by atoms with Crippen molar-refractivity contribution in [3.8, 4) is 0 Å². The number of nitrogens with one attached hydrogen (secondary N) is 4. The third kappa shape index (κ3) is 7.80. The van der Waals surface area contributed by atoms with Crippen molar-refractivity contribution in [2.24, 2.45) is 0 Å². The first-order chi connectivity index (χ1) is 22.8. The van der Waals surface area contributed by atoms with E-state index in [1.165, 1.54) is 60.7 Å². The Morgan fingerprint density at radius 3 is 1.22 bits per heavy atom. The molecular weight excluding hydrogens is 636 g/mol. The van der Waals surface area contributed by atoms with Crippen molar-refractivity contribution < 1.29 is 48.5 Å². The fourth-order valence-electron chi connectivity index (χ4n) is 5.41. The van der Waals surface area contributed by atoms with Crippen LogP contribution in [0.4, 0.5) is 21.0 Å². The topological polar surface area (TPSA) is 209 Å². The number of carboxylic acids is 2. The van der Waals surface area contributed by atoms with Crippen molar-refractivity contribution in [3.05, 3.63) is 95.6 Å². The highest BCUT2D eigenvalue weighted by Crippen LogP contribution is 2.61. The Morgan fingerprint density at radius 2 is 0.918 bits per heavy atom. The zero-order valence-corrected chi connectivity index (χ0v) is 27.7. The molecule has 14 heteroatoms.